The molecule has 0 fully saturated rings. The van der Waals surface area contributed by atoms with Gasteiger partial charge in [-0.05, 0) is 143 Å². The normalized spacial score (nSPS) is 13.0. The van der Waals surface area contributed by atoms with Crippen molar-refractivity contribution in [2.24, 2.45) is 0 Å². The number of hydrogen-bond acceptors (Lipinski definition) is 6. The van der Waals surface area contributed by atoms with Gasteiger partial charge < -0.3 is 31.9 Å². The zero-order valence-corrected chi connectivity index (χ0v) is 28.4. The number of benzene rings is 1. The van der Waals surface area contributed by atoms with E-state index in [1.54, 1.807) is 0 Å². The van der Waals surface area contributed by atoms with E-state index >= 15 is 0 Å². The van der Waals surface area contributed by atoms with Gasteiger partial charge in [0.15, 0.2) is 0 Å². The second-order valence-electron chi connectivity index (χ2n) is 12.4. The molecule has 6 N–H and O–H groups in total. The third-order valence-electron chi connectivity index (χ3n) is 8.68. The van der Waals surface area contributed by atoms with Crippen LogP contribution in [0.1, 0.15) is 114 Å². The molecule has 0 aromatic heterocycles. The molecule has 0 aliphatic rings. The predicted molar refractivity (Wildman–Crippen MR) is 187 cm³/mol. The zero-order valence-electron chi connectivity index (χ0n) is 28.4. The summed E-state index contributed by atoms with van der Waals surface area (Å²) in [5.41, 5.74) is 2.92. The summed E-state index contributed by atoms with van der Waals surface area (Å²) in [5, 5.41) is 20.9. The summed E-state index contributed by atoms with van der Waals surface area (Å²) in [5.74, 6) is 0. The van der Waals surface area contributed by atoms with E-state index in [0.717, 1.165) is 25.9 Å². The van der Waals surface area contributed by atoms with Gasteiger partial charge in [-0.15, -0.1) is 0 Å². The maximum absolute atomic E-state index is 3.63. The Morgan fingerprint density at radius 2 is 0.714 bits per heavy atom. The van der Waals surface area contributed by atoms with E-state index in [9.17, 15) is 0 Å². The fourth-order valence-corrected chi connectivity index (χ4v) is 5.77. The lowest BCUT2D eigenvalue weighted by Gasteiger charge is -2.18. The van der Waals surface area contributed by atoms with Gasteiger partial charge in [-0.25, -0.2) is 0 Å². The van der Waals surface area contributed by atoms with Crippen LogP contribution in [0.3, 0.4) is 0 Å². The van der Waals surface area contributed by atoms with E-state index in [1.807, 2.05) is 14.1 Å². The largest absolute Gasteiger partial charge is 0.320 e. The Labute approximate surface area is 262 Å². The SMILES string of the molecule is CNCCCCCCNCCCCCC(Cc1ccc(CC(CCCCCNCCCCCCNC)NC)cc1)NC. The minimum Gasteiger partial charge on any atom is -0.320 e. The van der Waals surface area contributed by atoms with E-state index in [4.69, 9.17) is 0 Å². The van der Waals surface area contributed by atoms with E-state index in [0.29, 0.717) is 12.1 Å². The molecule has 2 unspecified atom stereocenters. The second kappa shape index (κ2) is 30.0. The maximum atomic E-state index is 3.63. The fraction of sp³-hybridized carbons (Fsp3) is 0.833. The molecule has 2 atom stereocenters. The molecule has 6 heteroatoms. The van der Waals surface area contributed by atoms with Crippen LogP contribution in [-0.4, -0.2) is 79.5 Å². The highest BCUT2D eigenvalue weighted by molar-refractivity contribution is 5.24. The van der Waals surface area contributed by atoms with E-state index in [1.165, 1.54) is 140 Å². The quantitative estimate of drug-likeness (QED) is 0.0597. The van der Waals surface area contributed by atoms with E-state index in [-0.39, 0.29) is 0 Å². The predicted octanol–water partition coefficient (Wildman–Crippen LogP) is 5.81. The molecule has 1 rings (SSSR count). The van der Waals surface area contributed by atoms with E-state index < -0.39 is 0 Å². The van der Waals surface area contributed by atoms with Crippen LogP contribution in [0.5, 0.6) is 0 Å². The average molecular weight is 589 g/mol. The molecule has 0 radical (unpaired) electrons. The van der Waals surface area contributed by atoms with Gasteiger partial charge in [0.25, 0.3) is 0 Å². The zero-order chi connectivity index (χ0) is 30.4. The van der Waals surface area contributed by atoms with Crippen molar-refractivity contribution in [2.45, 2.75) is 128 Å². The minimum absolute atomic E-state index is 0.573. The van der Waals surface area contributed by atoms with Gasteiger partial charge >= 0.3 is 0 Å². The summed E-state index contributed by atoms with van der Waals surface area (Å²) in [6.07, 6.45) is 23.3. The maximum Gasteiger partial charge on any atom is 0.0104 e. The van der Waals surface area contributed by atoms with Crippen molar-refractivity contribution in [1.29, 1.82) is 0 Å². The first-order valence-corrected chi connectivity index (χ1v) is 17.9. The van der Waals surface area contributed by atoms with Crippen LogP contribution < -0.4 is 31.9 Å². The lowest BCUT2D eigenvalue weighted by Crippen LogP contribution is -2.28. The van der Waals surface area contributed by atoms with E-state index in [2.05, 4.69) is 70.3 Å². The number of likely N-dealkylation sites (N-methyl/N-ethyl adjacent to an activating group) is 2. The van der Waals surface area contributed by atoms with Gasteiger partial charge in [0.05, 0.1) is 0 Å². The Hall–Kier alpha value is -1.02. The van der Waals surface area contributed by atoms with Crippen molar-refractivity contribution in [1.82, 2.24) is 31.9 Å². The highest BCUT2D eigenvalue weighted by Crippen LogP contribution is 2.14. The van der Waals surface area contributed by atoms with Crippen LogP contribution in [0.25, 0.3) is 0 Å². The number of unbranched alkanes of at least 4 members (excludes halogenated alkanes) is 10. The molecule has 0 heterocycles. The van der Waals surface area contributed by atoms with Gasteiger partial charge in [-0.1, -0.05) is 75.6 Å². The van der Waals surface area contributed by atoms with Crippen LogP contribution in [0.15, 0.2) is 24.3 Å². The van der Waals surface area contributed by atoms with Gasteiger partial charge in [-0.2, -0.15) is 0 Å². The molecular weight excluding hydrogens is 516 g/mol. The van der Waals surface area contributed by atoms with Crippen LogP contribution >= 0.6 is 0 Å². The summed E-state index contributed by atoms with van der Waals surface area (Å²) in [7, 11) is 8.32. The smallest absolute Gasteiger partial charge is 0.0104 e. The summed E-state index contributed by atoms with van der Waals surface area (Å²) in [6.45, 7) is 7.01. The standard InChI is InChI=1S/C36H72N6/c1-37-25-13-5-7-15-27-41-29-17-9-11-19-35(39-3)31-33-21-23-34(24-22-33)32-36(40-4)20-12-10-18-30-42-28-16-8-6-14-26-38-2/h21-24,35-42H,5-20,25-32H2,1-4H3. The first-order chi connectivity index (χ1) is 20.7. The third kappa shape index (κ3) is 23.4. The molecule has 0 aliphatic heterocycles. The Kier molecular flexibility index (Phi) is 27.9. The highest BCUT2D eigenvalue weighted by atomic mass is 14.9. The summed E-state index contributed by atoms with van der Waals surface area (Å²) < 4.78 is 0. The topological polar surface area (TPSA) is 72.2 Å². The molecule has 246 valence electrons. The van der Waals surface area contributed by atoms with Crippen molar-refractivity contribution in [3.63, 3.8) is 0 Å². The molecule has 1 aromatic rings. The molecule has 0 spiro atoms. The molecule has 1 aromatic carbocycles. The van der Waals surface area contributed by atoms with Crippen molar-refractivity contribution >= 4 is 0 Å². The first-order valence-electron chi connectivity index (χ1n) is 17.9. The van der Waals surface area contributed by atoms with Crippen LogP contribution in [0, 0.1) is 0 Å². The molecule has 0 bridgehead atoms. The van der Waals surface area contributed by atoms with Crippen molar-refractivity contribution < 1.29 is 0 Å². The molecule has 0 saturated heterocycles. The summed E-state index contributed by atoms with van der Waals surface area (Å²) in [6, 6.07) is 10.6. The first kappa shape index (κ1) is 39.0. The highest BCUT2D eigenvalue weighted by Gasteiger charge is 2.10. The molecule has 0 amide bonds. The minimum atomic E-state index is 0.573. The monoisotopic (exact) mass is 589 g/mol. The number of rotatable bonds is 32. The Morgan fingerprint density at radius 1 is 0.405 bits per heavy atom. The molecule has 6 nitrogen and oxygen atoms in total. The summed E-state index contributed by atoms with van der Waals surface area (Å²) >= 11 is 0. The Morgan fingerprint density at radius 3 is 1.02 bits per heavy atom. The van der Waals surface area contributed by atoms with Crippen molar-refractivity contribution in [2.75, 3.05) is 67.5 Å². The van der Waals surface area contributed by atoms with Gasteiger partial charge in [0.2, 0.25) is 0 Å². The second-order valence-corrected chi connectivity index (χ2v) is 12.4. The molecule has 0 saturated carbocycles. The third-order valence-corrected chi connectivity index (χ3v) is 8.68. The van der Waals surface area contributed by atoms with Gasteiger partial charge in [-0.3, -0.25) is 0 Å². The lowest BCUT2D eigenvalue weighted by atomic mass is 9.96. The van der Waals surface area contributed by atoms with Gasteiger partial charge in [0.1, 0.15) is 0 Å². The fourth-order valence-electron chi connectivity index (χ4n) is 5.77. The average Bonchev–Trinajstić information content (AvgIpc) is 3.01. The number of nitrogens with one attached hydrogen (secondary N) is 6. The number of hydrogen-bond donors (Lipinski definition) is 6. The summed E-state index contributed by atoms with van der Waals surface area (Å²) in [4.78, 5) is 0. The molecular formula is C36H72N6. The molecule has 0 aliphatic carbocycles. The van der Waals surface area contributed by atoms with Crippen LogP contribution in [0.4, 0.5) is 0 Å². The van der Waals surface area contributed by atoms with Crippen LogP contribution in [0.2, 0.25) is 0 Å². The Bertz CT molecular complexity index is 610. The Balaban J connectivity index is 2.09. The van der Waals surface area contributed by atoms with Crippen LogP contribution in [-0.2, 0) is 12.8 Å². The van der Waals surface area contributed by atoms with Crippen molar-refractivity contribution in [3.05, 3.63) is 35.4 Å². The van der Waals surface area contributed by atoms with Crippen molar-refractivity contribution in [3.8, 4) is 0 Å². The molecule has 42 heavy (non-hydrogen) atoms. The van der Waals surface area contributed by atoms with Gasteiger partial charge in [0, 0.05) is 12.1 Å². The lowest BCUT2D eigenvalue weighted by molar-refractivity contribution is 0.477.